The van der Waals surface area contributed by atoms with Crippen molar-refractivity contribution in [3.8, 4) is 0 Å². The minimum atomic E-state index is -0.572. The van der Waals surface area contributed by atoms with Gasteiger partial charge in [0.15, 0.2) is 0 Å². The van der Waals surface area contributed by atoms with Crippen LogP contribution in [0, 0.1) is 5.92 Å². The van der Waals surface area contributed by atoms with Gasteiger partial charge in [0.05, 0.1) is 0 Å². The number of carbonyl (C=O) groups excluding carboxylic acids is 2. The first-order valence-electron chi connectivity index (χ1n) is 5.84. The van der Waals surface area contributed by atoms with Gasteiger partial charge in [-0.2, -0.15) is 0 Å². The fourth-order valence-corrected chi connectivity index (χ4v) is 2.01. The van der Waals surface area contributed by atoms with Crippen molar-refractivity contribution in [3.05, 3.63) is 12.7 Å². The predicted octanol–water partition coefficient (Wildman–Crippen LogP) is 0.983. The summed E-state index contributed by atoms with van der Waals surface area (Å²) in [5.41, 5.74) is 0. The average Bonchev–Trinajstić information content (AvgIpc) is 2.28. The molecule has 0 aromatic rings. The molecule has 1 aliphatic carbocycles. The Morgan fingerprint density at radius 1 is 1.31 bits per heavy atom. The summed E-state index contributed by atoms with van der Waals surface area (Å²) >= 11 is 0. The van der Waals surface area contributed by atoms with Crippen LogP contribution in [-0.2, 0) is 9.59 Å². The summed E-state index contributed by atoms with van der Waals surface area (Å²) in [6.07, 6.45) is 6.00. The number of nitrogens with one attached hydrogen (secondary N) is 2. The van der Waals surface area contributed by atoms with Crippen molar-refractivity contribution in [3.63, 3.8) is 0 Å². The molecule has 4 nitrogen and oxygen atoms in total. The molecular formula is C12H20N2O2. The molecule has 90 valence electrons. The van der Waals surface area contributed by atoms with Gasteiger partial charge in [-0.05, 0) is 18.8 Å². The molecule has 0 aromatic carbocycles. The molecule has 0 bridgehead atoms. The molecule has 1 rings (SSSR count). The maximum Gasteiger partial charge on any atom is 0.309 e. The normalized spacial score (nSPS) is 24.6. The van der Waals surface area contributed by atoms with Crippen LogP contribution < -0.4 is 10.6 Å². The van der Waals surface area contributed by atoms with Crippen molar-refractivity contribution < 1.29 is 9.59 Å². The summed E-state index contributed by atoms with van der Waals surface area (Å²) < 4.78 is 0. The van der Waals surface area contributed by atoms with E-state index in [0.717, 1.165) is 19.3 Å². The minimum Gasteiger partial charge on any atom is -0.345 e. The first kappa shape index (κ1) is 12.7. The van der Waals surface area contributed by atoms with Gasteiger partial charge in [0, 0.05) is 12.6 Å². The number of carbonyl (C=O) groups is 2. The van der Waals surface area contributed by atoms with Crippen molar-refractivity contribution in [1.82, 2.24) is 10.6 Å². The van der Waals surface area contributed by atoms with E-state index in [2.05, 4.69) is 24.1 Å². The number of amides is 2. The van der Waals surface area contributed by atoms with Gasteiger partial charge < -0.3 is 10.6 Å². The van der Waals surface area contributed by atoms with Crippen LogP contribution in [0.2, 0.25) is 0 Å². The molecule has 2 N–H and O–H groups in total. The smallest absolute Gasteiger partial charge is 0.309 e. The van der Waals surface area contributed by atoms with Gasteiger partial charge in [0.1, 0.15) is 0 Å². The van der Waals surface area contributed by atoms with E-state index < -0.39 is 11.8 Å². The molecule has 1 aliphatic rings. The quantitative estimate of drug-likeness (QED) is 0.554. The van der Waals surface area contributed by atoms with E-state index in [-0.39, 0.29) is 6.04 Å². The Kier molecular flexibility index (Phi) is 5.02. The van der Waals surface area contributed by atoms with E-state index in [1.54, 1.807) is 6.08 Å². The molecule has 1 fully saturated rings. The lowest BCUT2D eigenvalue weighted by Gasteiger charge is -2.29. The summed E-state index contributed by atoms with van der Waals surface area (Å²) in [5, 5.41) is 5.26. The maximum absolute atomic E-state index is 11.5. The molecule has 0 radical (unpaired) electrons. The van der Waals surface area contributed by atoms with E-state index in [1.165, 1.54) is 6.42 Å². The Morgan fingerprint density at radius 3 is 2.62 bits per heavy atom. The summed E-state index contributed by atoms with van der Waals surface area (Å²) in [5.74, 6) is -0.636. The maximum atomic E-state index is 11.5. The van der Waals surface area contributed by atoms with Gasteiger partial charge in [-0.3, -0.25) is 9.59 Å². The first-order chi connectivity index (χ1) is 7.65. The Balaban J connectivity index is 2.37. The van der Waals surface area contributed by atoms with Crippen LogP contribution in [0.5, 0.6) is 0 Å². The van der Waals surface area contributed by atoms with E-state index in [9.17, 15) is 9.59 Å². The molecular weight excluding hydrogens is 204 g/mol. The number of hydrogen-bond acceptors (Lipinski definition) is 2. The lowest BCUT2D eigenvalue weighted by Crippen LogP contribution is -2.47. The van der Waals surface area contributed by atoms with E-state index in [1.807, 2.05) is 0 Å². The second-order valence-electron chi connectivity index (χ2n) is 4.34. The molecule has 4 heteroatoms. The van der Waals surface area contributed by atoms with E-state index in [4.69, 9.17) is 0 Å². The summed E-state index contributed by atoms with van der Waals surface area (Å²) in [6, 6.07) is 0.149. The van der Waals surface area contributed by atoms with Crippen LogP contribution in [0.4, 0.5) is 0 Å². The fraction of sp³-hybridized carbons (Fsp3) is 0.667. The third-order valence-electron chi connectivity index (χ3n) is 3.04. The molecule has 0 aliphatic heterocycles. The highest BCUT2D eigenvalue weighted by Crippen LogP contribution is 2.23. The van der Waals surface area contributed by atoms with Gasteiger partial charge in [-0.25, -0.2) is 0 Å². The van der Waals surface area contributed by atoms with Crippen molar-refractivity contribution in [2.75, 3.05) is 6.54 Å². The zero-order chi connectivity index (χ0) is 12.0. The van der Waals surface area contributed by atoms with Crippen LogP contribution >= 0.6 is 0 Å². The monoisotopic (exact) mass is 224 g/mol. The van der Waals surface area contributed by atoms with Gasteiger partial charge >= 0.3 is 11.8 Å². The molecule has 0 saturated heterocycles. The van der Waals surface area contributed by atoms with Crippen LogP contribution in [0.3, 0.4) is 0 Å². The van der Waals surface area contributed by atoms with Crippen molar-refractivity contribution in [2.24, 2.45) is 5.92 Å². The Bertz CT molecular complexity index is 276. The largest absolute Gasteiger partial charge is 0.345 e. The molecule has 2 amide bonds. The second-order valence-corrected chi connectivity index (χ2v) is 4.34. The first-order valence-corrected chi connectivity index (χ1v) is 5.84. The second kappa shape index (κ2) is 6.30. The average molecular weight is 224 g/mol. The van der Waals surface area contributed by atoms with Gasteiger partial charge in [0.25, 0.3) is 0 Å². The highest BCUT2D eigenvalue weighted by atomic mass is 16.2. The Labute approximate surface area is 96.5 Å². The third kappa shape index (κ3) is 3.68. The van der Waals surface area contributed by atoms with E-state index in [0.29, 0.717) is 12.5 Å². The third-order valence-corrected chi connectivity index (χ3v) is 3.04. The SMILES string of the molecule is C=CCNC(=O)C(=O)NC1CCCCC1C. The standard InChI is InChI=1S/C12H20N2O2/c1-3-8-13-11(15)12(16)14-10-7-5-4-6-9(10)2/h3,9-10H,1,4-8H2,2H3,(H,13,15)(H,14,16). The Morgan fingerprint density at radius 2 is 2.00 bits per heavy atom. The van der Waals surface area contributed by atoms with Gasteiger partial charge in [0.2, 0.25) is 0 Å². The zero-order valence-corrected chi connectivity index (χ0v) is 9.79. The summed E-state index contributed by atoms with van der Waals surface area (Å²) in [4.78, 5) is 22.8. The topological polar surface area (TPSA) is 58.2 Å². The van der Waals surface area contributed by atoms with Crippen LogP contribution in [0.25, 0.3) is 0 Å². The van der Waals surface area contributed by atoms with Crippen LogP contribution in [0.15, 0.2) is 12.7 Å². The molecule has 0 aromatic heterocycles. The molecule has 0 heterocycles. The molecule has 0 spiro atoms. The van der Waals surface area contributed by atoms with Gasteiger partial charge in [-0.15, -0.1) is 6.58 Å². The molecule has 16 heavy (non-hydrogen) atoms. The lowest BCUT2D eigenvalue weighted by molar-refractivity contribution is -0.139. The van der Waals surface area contributed by atoms with Crippen molar-refractivity contribution in [1.29, 1.82) is 0 Å². The van der Waals surface area contributed by atoms with Crippen molar-refractivity contribution >= 4 is 11.8 Å². The number of rotatable bonds is 3. The number of hydrogen-bond donors (Lipinski definition) is 2. The Hall–Kier alpha value is -1.32. The summed E-state index contributed by atoms with van der Waals surface area (Å²) in [6.45, 7) is 5.92. The highest BCUT2D eigenvalue weighted by Gasteiger charge is 2.24. The fourth-order valence-electron chi connectivity index (χ4n) is 2.01. The van der Waals surface area contributed by atoms with E-state index >= 15 is 0 Å². The van der Waals surface area contributed by atoms with Gasteiger partial charge in [-0.1, -0.05) is 25.8 Å². The zero-order valence-electron chi connectivity index (χ0n) is 9.79. The van der Waals surface area contributed by atoms with Crippen LogP contribution in [-0.4, -0.2) is 24.4 Å². The van der Waals surface area contributed by atoms with Crippen LogP contribution in [0.1, 0.15) is 32.6 Å². The molecule has 2 unspecified atom stereocenters. The lowest BCUT2D eigenvalue weighted by atomic mass is 9.86. The predicted molar refractivity (Wildman–Crippen MR) is 62.8 cm³/mol. The molecule has 1 saturated carbocycles. The highest BCUT2D eigenvalue weighted by molar-refractivity contribution is 6.35. The minimum absolute atomic E-state index is 0.149. The molecule has 2 atom stereocenters. The van der Waals surface area contributed by atoms with Crippen molar-refractivity contribution in [2.45, 2.75) is 38.6 Å². The summed E-state index contributed by atoms with van der Waals surface area (Å²) in [7, 11) is 0.